The molecule has 0 aromatic carbocycles. The highest BCUT2D eigenvalue weighted by Gasteiger charge is 1.86. The minimum absolute atomic E-state index is 0.842. The van der Waals surface area contributed by atoms with E-state index in [2.05, 4.69) is 9.89 Å². The SMILES string of the molecule is CN(C)CCCN=CN. The lowest BCUT2D eigenvalue weighted by molar-refractivity contribution is 0.403. The van der Waals surface area contributed by atoms with Crippen LogP contribution in [-0.2, 0) is 0 Å². The Bertz CT molecular complexity index is 78.4. The summed E-state index contributed by atoms with van der Waals surface area (Å²) in [6.07, 6.45) is 2.44. The van der Waals surface area contributed by atoms with Gasteiger partial charge in [-0.15, -0.1) is 0 Å². The molecule has 0 bridgehead atoms. The first-order valence-electron chi connectivity index (χ1n) is 3.12. The third-order valence-corrected chi connectivity index (χ3v) is 0.998. The number of nitrogens with two attached hydrogens (primary N) is 1. The van der Waals surface area contributed by atoms with Gasteiger partial charge in [-0.3, -0.25) is 4.99 Å². The van der Waals surface area contributed by atoms with Crippen LogP contribution in [0.25, 0.3) is 0 Å². The molecule has 0 saturated carbocycles. The minimum atomic E-state index is 0.842. The molecule has 3 nitrogen and oxygen atoms in total. The second-order valence-electron chi connectivity index (χ2n) is 2.21. The number of nitrogens with zero attached hydrogens (tertiary/aromatic N) is 2. The van der Waals surface area contributed by atoms with Crippen molar-refractivity contribution in [2.75, 3.05) is 27.2 Å². The summed E-state index contributed by atoms with van der Waals surface area (Å²) in [6, 6.07) is 0. The monoisotopic (exact) mass is 129 g/mol. The van der Waals surface area contributed by atoms with Crippen LogP contribution in [0.1, 0.15) is 6.42 Å². The van der Waals surface area contributed by atoms with Gasteiger partial charge in [0.2, 0.25) is 0 Å². The van der Waals surface area contributed by atoms with E-state index < -0.39 is 0 Å². The zero-order valence-electron chi connectivity index (χ0n) is 6.17. The summed E-state index contributed by atoms with van der Waals surface area (Å²) in [5.41, 5.74) is 5.04. The third-order valence-electron chi connectivity index (χ3n) is 0.998. The van der Waals surface area contributed by atoms with Gasteiger partial charge in [0.25, 0.3) is 0 Å². The molecule has 0 fully saturated rings. The molecule has 2 N–H and O–H groups in total. The minimum Gasteiger partial charge on any atom is -0.390 e. The first-order valence-corrected chi connectivity index (χ1v) is 3.12. The molecule has 0 heterocycles. The maximum Gasteiger partial charge on any atom is 0.0797 e. The lowest BCUT2D eigenvalue weighted by Gasteiger charge is -2.06. The molecule has 0 aliphatic rings. The van der Waals surface area contributed by atoms with Gasteiger partial charge >= 0.3 is 0 Å². The van der Waals surface area contributed by atoms with Gasteiger partial charge < -0.3 is 10.6 Å². The highest BCUT2D eigenvalue weighted by atomic mass is 15.0. The van der Waals surface area contributed by atoms with Crippen LogP contribution in [0.4, 0.5) is 0 Å². The Morgan fingerprint density at radius 1 is 1.56 bits per heavy atom. The Morgan fingerprint density at radius 3 is 2.67 bits per heavy atom. The smallest absolute Gasteiger partial charge is 0.0797 e. The maximum atomic E-state index is 5.04. The highest BCUT2D eigenvalue weighted by Crippen LogP contribution is 1.82. The number of aliphatic imine (C=N–C) groups is 1. The molecule has 54 valence electrons. The summed E-state index contributed by atoms with van der Waals surface area (Å²) in [4.78, 5) is 6.00. The topological polar surface area (TPSA) is 41.6 Å². The zero-order chi connectivity index (χ0) is 7.11. The summed E-state index contributed by atoms with van der Waals surface area (Å²) < 4.78 is 0. The molecule has 0 spiro atoms. The lowest BCUT2D eigenvalue weighted by Crippen LogP contribution is -2.13. The molecule has 0 aliphatic heterocycles. The Kier molecular flexibility index (Phi) is 5.21. The average Bonchev–Trinajstić information content (AvgIpc) is 1.80. The third kappa shape index (κ3) is 7.43. The molecule has 3 heteroatoms. The van der Waals surface area contributed by atoms with E-state index >= 15 is 0 Å². The Morgan fingerprint density at radius 2 is 2.22 bits per heavy atom. The van der Waals surface area contributed by atoms with Crippen LogP contribution in [-0.4, -0.2) is 38.4 Å². The van der Waals surface area contributed by atoms with Crippen molar-refractivity contribution in [3.05, 3.63) is 0 Å². The van der Waals surface area contributed by atoms with Gasteiger partial charge in [-0.2, -0.15) is 0 Å². The second kappa shape index (κ2) is 5.56. The number of hydrogen-bond donors (Lipinski definition) is 1. The van der Waals surface area contributed by atoms with Crippen molar-refractivity contribution >= 4 is 6.34 Å². The van der Waals surface area contributed by atoms with Crippen molar-refractivity contribution in [2.24, 2.45) is 10.7 Å². The van der Waals surface area contributed by atoms with Crippen molar-refractivity contribution in [1.82, 2.24) is 4.90 Å². The van der Waals surface area contributed by atoms with Gasteiger partial charge in [0.15, 0.2) is 0 Å². The van der Waals surface area contributed by atoms with Gasteiger partial charge in [0.1, 0.15) is 0 Å². The quantitative estimate of drug-likeness (QED) is 0.328. The van der Waals surface area contributed by atoms with E-state index in [4.69, 9.17) is 5.73 Å². The summed E-state index contributed by atoms with van der Waals surface area (Å²) in [6.45, 7) is 1.92. The van der Waals surface area contributed by atoms with Crippen molar-refractivity contribution in [2.45, 2.75) is 6.42 Å². The van der Waals surface area contributed by atoms with Crippen LogP contribution < -0.4 is 5.73 Å². The fourth-order valence-electron chi connectivity index (χ4n) is 0.553. The van der Waals surface area contributed by atoms with Gasteiger partial charge in [-0.05, 0) is 27.1 Å². The van der Waals surface area contributed by atoms with Crippen molar-refractivity contribution in [1.29, 1.82) is 0 Å². The zero-order valence-corrected chi connectivity index (χ0v) is 6.17. The summed E-state index contributed by atoms with van der Waals surface area (Å²) in [7, 11) is 4.10. The van der Waals surface area contributed by atoms with Crippen LogP contribution in [0.2, 0.25) is 0 Å². The Labute approximate surface area is 56.6 Å². The standard InChI is InChI=1S/C6H15N3/c1-9(2)5-3-4-8-6-7/h6H,3-5H2,1-2H3,(H2,7,8). The highest BCUT2D eigenvalue weighted by molar-refractivity contribution is 5.50. The molecule has 0 amide bonds. The molecular weight excluding hydrogens is 114 g/mol. The fraction of sp³-hybridized carbons (Fsp3) is 0.833. The largest absolute Gasteiger partial charge is 0.390 e. The first-order chi connectivity index (χ1) is 4.27. The van der Waals surface area contributed by atoms with E-state index in [-0.39, 0.29) is 0 Å². The van der Waals surface area contributed by atoms with Crippen LogP contribution in [0.3, 0.4) is 0 Å². The summed E-state index contributed by atoms with van der Waals surface area (Å²) in [5, 5.41) is 0. The Hall–Kier alpha value is -0.570. The molecule has 0 saturated heterocycles. The van der Waals surface area contributed by atoms with Crippen LogP contribution >= 0.6 is 0 Å². The molecule has 0 rings (SSSR count). The molecule has 0 radical (unpaired) electrons. The van der Waals surface area contributed by atoms with Crippen LogP contribution in [0.5, 0.6) is 0 Å². The molecule has 0 aromatic heterocycles. The average molecular weight is 129 g/mol. The van der Waals surface area contributed by atoms with Gasteiger partial charge in [-0.25, -0.2) is 0 Å². The molecule has 0 aromatic rings. The molecule has 0 unspecified atom stereocenters. The van der Waals surface area contributed by atoms with E-state index in [1.807, 2.05) is 14.1 Å². The molecular formula is C6H15N3. The van der Waals surface area contributed by atoms with Gasteiger partial charge in [0, 0.05) is 6.54 Å². The first kappa shape index (κ1) is 8.43. The fourth-order valence-corrected chi connectivity index (χ4v) is 0.553. The van der Waals surface area contributed by atoms with Crippen molar-refractivity contribution in [3.63, 3.8) is 0 Å². The maximum absolute atomic E-state index is 5.04. The van der Waals surface area contributed by atoms with E-state index in [1.165, 1.54) is 6.34 Å². The normalized spacial score (nSPS) is 11.4. The Balaban J connectivity index is 2.91. The van der Waals surface area contributed by atoms with Crippen LogP contribution in [0.15, 0.2) is 4.99 Å². The number of hydrogen-bond acceptors (Lipinski definition) is 2. The second-order valence-corrected chi connectivity index (χ2v) is 2.21. The molecule has 9 heavy (non-hydrogen) atoms. The predicted octanol–water partition coefficient (Wildman–Crippen LogP) is -0.0749. The van der Waals surface area contributed by atoms with Gasteiger partial charge in [-0.1, -0.05) is 0 Å². The van der Waals surface area contributed by atoms with Crippen LogP contribution in [0, 0.1) is 0 Å². The van der Waals surface area contributed by atoms with E-state index in [1.54, 1.807) is 0 Å². The van der Waals surface area contributed by atoms with E-state index in [0.29, 0.717) is 0 Å². The summed E-state index contributed by atoms with van der Waals surface area (Å²) >= 11 is 0. The molecule has 0 atom stereocenters. The van der Waals surface area contributed by atoms with Gasteiger partial charge in [0.05, 0.1) is 6.34 Å². The summed E-state index contributed by atoms with van der Waals surface area (Å²) in [5.74, 6) is 0. The van der Waals surface area contributed by atoms with Crippen molar-refractivity contribution in [3.8, 4) is 0 Å². The van der Waals surface area contributed by atoms with E-state index in [9.17, 15) is 0 Å². The number of rotatable bonds is 4. The lowest BCUT2D eigenvalue weighted by atomic mass is 10.4. The predicted molar refractivity (Wildman–Crippen MR) is 40.7 cm³/mol. The van der Waals surface area contributed by atoms with Crippen molar-refractivity contribution < 1.29 is 0 Å². The molecule has 0 aliphatic carbocycles. The van der Waals surface area contributed by atoms with E-state index in [0.717, 1.165) is 19.5 Å².